The van der Waals surface area contributed by atoms with Gasteiger partial charge in [-0.2, -0.15) is 0 Å². The van der Waals surface area contributed by atoms with Crippen LogP contribution in [0, 0.1) is 0 Å². The van der Waals surface area contributed by atoms with E-state index in [1.807, 2.05) is 0 Å². The quantitative estimate of drug-likeness (QED) is 0.850. The van der Waals surface area contributed by atoms with Crippen molar-refractivity contribution in [1.29, 1.82) is 0 Å². The second kappa shape index (κ2) is 7.00. The van der Waals surface area contributed by atoms with Crippen LogP contribution in [0.4, 0.5) is 5.69 Å². The van der Waals surface area contributed by atoms with Gasteiger partial charge in [-0.15, -0.1) is 0 Å². The Labute approximate surface area is 140 Å². The van der Waals surface area contributed by atoms with Crippen molar-refractivity contribution in [3.05, 3.63) is 17.7 Å². The topological polar surface area (TPSA) is 24.9 Å². The summed E-state index contributed by atoms with van der Waals surface area (Å²) >= 11 is 0. The Bertz CT molecular complexity index is 538. The Morgan fingerprint density at radius 2 is 1.65 bits per heavy atom. The summed E-state index contributed by atoms with van der Waals surface area (Å²) < 4.78 is 11.1. The highest BCUT2D eigenvalue weighted by atomic mass is 16.5. The summed E-state index contributed by atoms with van der Waals surface area (Å²) in [6, 6.07) is 5.60. The van der Waals surface area contributed by atoms with Crippen molar-refractivity contribution >= 4 is 5.69 Å². The molecule has 0 saturated heterocycles. The molecule has 0 aromatic heterocycles. The molecule has 1 aromatic rings. The average molecular weight is 318 g/mol. The third-order valence-electron chi connectivity index (χ3n) is 5.50. The molecule has 0 bridgehead atoms. The highest BCUT2D eigenvalue weighted by Gasteiger charge is 2.32. The fraction of sp³-hybridized carbons (Fsp3) is 0.684. The highest BCUT2D eigenvalue weighted by Crippen LogP contribution is 2.41. The van der Waals surface area contributed by atoms with Crippen LogP contribution >= 0.6 is 0 Å². The van der Waals surface area contributed by atoms with Crippen LogP contribution in [0.15, 0.2) is 12.1 Å². The van der Waals surface area contributed by atoms with Gasteiger partial charge in [-0.1, -0.05) is 19.3 Å². The van der Waals surface area contributed by atoms with E-state index in [1.165, 1.54) is 43.4 Å². The molecule has 1 aliphatic heterocycles. The minimum atomic E-state index is 0.558. The number of methoxy groups -OCH3 is 2. The van der Waals surface area contributed by atoms with Gasteiger partial charge in [0.25, 0.3) is 0 Å². The number of likely N-dealkylation sites (N-methyl/N-ethyl adjacent to an activating group) is 1. The van der Waals surface area contributed by atoms with E-state index in [0.717, 1.165) is 24.5 Å². The molecule has 1 aromatic carbocycles. The maximum atomic E-state index is 5.55. The minimum Gasteiger partial charge on any atom is -0.493 e. The molecule has 1 fully saturated rings. The fourth-order valence-corrected chi connectivity index (χ4v) is 4.07. The molecule has 0 radical (unpaired) electrons. The lowest BCUT2D eigenvalue weighted by Crippen LogP contribution is -2.50. The van der Waals surface area contributed by atoms with Crippen molar-refractivity contribution in [2.75, 3.05) is 39.8 Å². The van der Waals surface area contributed by atoms with E-state index in [2.05, 4.69) is 36.0 Å². The summed E-state index contributed by atoms with van der Waals surface area (Å²) in [4.78, 5) is 5.00. The van der Waals surface area contributed by atoms with Gasteiger partial charge >= 0.3 is 0 Å². The second-order valence-electron chi connectivity index (χ2n) is 7.10. The number of anilines is 1. The first-order valence-corrected chi connectivity index (χ1v) is 8.82. The molecule has 2 aliphatic rings. The van der Waals surface area contributed by atoms with Gasteiger partial charge in [0.05, 0.1) is 14.2 Å². The molecule has 4 nitrogen and oxygen atoms in total. The number of benzene rings is 1. The van der Waals surface area contributed by atoms with Gasteiger partial charge in [0.1, 0.15) is 0 Å². The summed E-state index contributed by atoms with van der Waals surface area (Å²) in [5, 5.41) is 0. The van der Waals surface area contributed by atoms with Crippen molar-refractivity contribution in [3.8, 4) is 11.5 Å². The van der Waals surface area contributed by atoms with Gasteiger partial charge in [0.2, 0.25) is 0 Å². The van der Waals surface area contributed by atoms with Crippen molar-refractivity contribution in [1.82, 2.24) is 4.90 Å². The van der Waals surface area contributed by atoms with Gasteiger partial charge in [0.15, 0.2) is 11.5 Å². The van der Waals surface area contributed by atoms with E-state index < -0.39 is 0 Å². The Hall–Kier alpha value is -1.42. The summed E-state index contributed by atoms with van der Waals surface area (Å²) in [7, 11) is 7.82. The monoisotopic (exact) mass is 318 g/mol. The van der Waals surface area contributed by atoms with Crippen LogP contribution in [0.3, 0.4) is 0 Å². The van der Waals surface area contributed by atoms with Gasteiger partial charge in [0, 0.05) is 30.4 Å². The first-order chi connectivity index (χ1) is 11.1. The second-order valence-corrected chi connectivity index (χ2v) is 7.10. The van der Waals surface area contributed by atoms with Crippen LogP contribution < -0.4 is 14.4 Å². The van der Waals surface area contributed by atoms with E-state index in [4.69, 9.17) is 9.47 Å². The largest absolute Gasteiger partial charge is 0.493 e. The lowest BCUT2D eigenvalue weighted by Gasteiger charge is -2.44. The normalized spacial score (nSPS) is 22.1. The van der Waals surface area contributed by atoms with Crippen LogP contribution in [0.2, 0.25) is 0 Å². The van der Waals surface area contributed by atoms with Crippen LogP contribution in [-0.4, -0.2) is 51.8 Å². The van der Waals surface area contributed by atoms with Crippen molar-refractivity contribution in [2.45, 2.75) is 50.6 Å². The summed E-state index contributed by atoms with van der Waals surface area (Å²) in [5.41, 5.74) is 2.74. The lowest BCUT2D eigenvalue weighted by atomic mass is 9.89. The molecule has 1 aliphatic carbocycles. The molecule has 23 heavy (non-hydrogen) atoms. The van der Waals surface area contributed by atoms with Crippen LogP contribution in [0.5, 0.6) is 11.5 Å². The summed E-state index contributed by atoms with van der Waals surface area (Å²) in [5.74, 6) is 1.68. The Morgan fingerprint density at radius 3 is 2.26 bits per heavy atom. The van der Waals surface area contributed by atoms with Gasteiger partial charge in [-0.25, -0.2) is 0 Å². The molecule has 0 amide bonds. The molecule has 1 heterocycles. The number of ether oxygens (including phenoxy) is 2. The molecule has 1 saturated carbocycles. The maximum absolute atomic E-state index is 5.55. The van der Waals surface area contributed by atoms with Crippen LogP contribution in [0.1, 0.15) is 37.7 Å². The van der Waals surface area contributed by atoms with E-state index in [1.54, 1.807) is 14.2 Å². The Kier molecular flexibility index (Phi) is 5.00. The highest BCUT2D eigenvalue weighted by molar-refractivity contribution is 5.64. The van der Waals surface area contributed by atoms with Gasteiger partial charge in [-0.05, 0) is 45.0 Å². The zero-order chi connectivity index (χ0) is 16.4. The van der Waals surface area contributed by atoms with E-state index in [0.29, 0.717) is 12.1 Å². The SMILES string of the molecule is COc1cc2c(cc1OC)N(C1CCCCC1)CC(N(C)C)C2. The fourth-order valence-electron chi connectivity index (χ4n) is 4.07. The molecule has 0 spiro atoms. The van der Waals surface area contributed by atoms with Gasteiger partial charge < -0.3 is 19.3 Å². The summed E-state index contributed by atoms with van der Waals surface area (Å²) in [6.45, 7) is 1.11. The van der Waals surface area contributed by atoms with E-state index in [-0.39, 0.29) is 0 Å². The van der Waals surface area contributed by atoms with Crippen LogP contribution in [-0.2, 0) is 6.42 Å². The van der Waals surface area contributed by atoms with E-state index >= 15 is 0 Å². The third-order valence-corrected chi connectivity index (χ3v) is 5.50. The maximum Gasteiger partial charge on any atom is 0.162 e. The first kappa shape index (κ1) is 16.4. The predicted molar refractivity (Wildman–Crippen MR) is 94.9 cm³/mol. The average Bonchev–Trinajstić information content (AvgIpc) is 2.60. The zero-order valence-corrected chi connectivity index (χ0v) is 15.0. The Morgan fingerprint density at radius 1 is 1.00 bits per heavy atom. The number of nitrogens with zero attached hydrogens (tertiary/aromatic N) is 2. The van der Waals surface area contributed by atoms with Crippen molar-refractivity contribution in [2.24, 2.45) is 0 Å². The van der Waals surface area contributed by atoms with Gasteiger partial charge in [-0.3, -0.25) is 0 Å². The Balaban J connectivity index is 1.99. The molecule has 1 unspecified atom stereocenters. The van der Waals surface area contributed by atoms with Crippen molar-refractivity contribution in [3.63, 3.8) is 0 Å². The zero-order valence-electron chi connectivity index (χ0n) is 15.0. The van der Waals surface area contributed by atoms with E-state index in [9.17, 15) is 0 Å². The molecule has 0 N–H and O–H groups in total. The minimum absolute atomic E-state index is 0.558. The standard InChI is InChI=1S/C19H30N2O2/c1-20(2)16-10-14-11-18(22-3)19(23-4)12-17(14)21(13-16)15-8-6-5-7-9-15/h11-12,15-16H,5-10,13H2,1-4H3. The molecule has 128 valence electrons. The molecule has 1 atom stereocenters. The predicted octanol–water partition coefficient (Wildman–Crippen LogP) is 3.33. The lowest BCUT2D eigenvalue weighted by molar-refractivity contribution is 0.270. The number of hydrogen-bond donors (Lipinski definition) is 0. The molecule has 3 rings (SSSR count). The number of hydrogen-bond acceptors (Lipinski definition) is 4. The third kappa shape index (κ3) is 3.27. The molecule has 4 heteroatoms. The molecular weight excluding hydrogens is 288 g/mol. The number of rotatable bonds is 4. The summed E-state index contributed by atoms with van der Waals surface area (Å²) in [6.07, 6.45) is 7.81. The molecular formula is C19H30N2O2. The number of fused-ring (bicyclic) bond motifs is 1. The van der Waals surface area contributed by atoms with Crippen molar-refractivity contribution < 1.29 is 9.47 Å². The van der Waals surface area contributed by atoms with Crippen LogP contribution in [0.25, 0.3) is 0 Å². The first-order valence-electron chi connectivity index (χ1n) is 8.82. The smallest absolute Gasteiger partial charge is 0.162 e.